The first-order valence-corrected chi connectivity index (χ1v) is 7.65. The first-order chi connectivity index (χ1) is 9.76. The van der Waals surface area contributed by atoms with Gasteiger partial charge in [-0.25, -0.2) is 0 Å². The minimum Gasteiger partial charge on any atom is -0.337 e. The van der Waals surface area contributed by atoms with Gasteiger partial charge >= 0.3 is 0 Å². The van der Waals surface area contributed by atoms with Gasteiger partial charge in [-0.05, 0) is 44.4 Å². The summed E-state index contributed by atoms with van der Waals surface area (Å²) in [5.41, 5.74) is 6.79. The molecule has 4 heteroatoms. The lowest BCUT2D eigenvalue weighted by Gasteiger charge is -2.33. The van der Waals surface area contributed by atoms with Crippen LogP contribution >= 0.6 is 0 Å². The molecule has 0 aromatic carbocycles. The van der Waals surface area contributed by atoms with Gasteiger partial charge in [0.2, 0.25) is 5.91 Å². The van der Waals surface area contributed by atoms with E-state index in [2.05, 4.69) is 4.98 Å². The second kappa shape index (κ2) is 7.39. The summed E-state index contributed by atoms with van der Waals surface area (Å²) in [7, 11) is 0. The molecule has 1 aromatic heterocycles. The second-order valence-electron chi connectivity index (χ2n) is 5.56. The van der Waals surface area contributed by atoms with Crippen LogP contribution in [0.2, 0.25) is 0 Å². The molecule has 1 saturated carbocycles. The number of nitrogens with two attached hydrogens (primary N) is 1. The number of nitrogens with zero attached hydrogens (tertiary/aromatic N) is 2. The predicted octanol–water partition coefficient (Wildman–Crippen LogP) is 2.20. The van der Waals surface area contributed by atoms with Crippen LogP contribution in [0.4, 0.5) is 0 Å². The van der Waals surface area contributed by atoms with Crippen molar-refractivity contribution < 1.29 is 4.79 Å². The third-order valence-corrected chi connectivity index (χ3v) is 4.30. The Bertz CT molecular complexity index is 421. The van der Waals surface area contributed by atoms with Crippen molar-refractivity contribution in [3.05, 3.63) is 30.1 Å². The van der Waals surface area contributed by atoms with Crippen molar-refractivity contribution in [2.45, 2.75) is 39.2 Å². The van der Waals surface area contributed by atoms with Gasteiger partial charge in [0.05, 0.1) is 12.2 Å². The van der Waals surface area contributed by atoms with E-state index in [9.17, 15) is 4.79 Å². The van der Waals surface area contributed by atoms with Gasteiger partial charge in [0, 0.05) is 18.7 Å². The number of hydrogen-bond donors (Lipinski definition) is 1. The Labute approximate surface area is 121 Å². The number of rotatable bonds is 5. The van der Waals surface area contributed by atoms with Crippen molar-refractivity contribution in [2.75, 3.05) is 13.1 Å². The van der Waals surface area contributed by atoms with Crippen molar-refractivity contribution in [1.82, 2.24) is 9.88 Å². The molecule has 1 aliphatic carbocycles. The van der Waals surface area contributed by atoms with E-state index in [-0.39, 0.29) is 11.8 Å². The zero-order valence-electron chi connectivity index (χ0n) is 12.3. The first-order valence-electron chi connectivity index (χ1n) is 7.65. The van der Waals surface area contributed by atoms with Gasteiger partial charge in [-0.15, -0.1) is 0 Å². The Morgan fingerprint density at radius 3 is 2.85 bits per heavy atom. The Morgan fingerprint density at radius 1 is 1.40 bits per heavy atom. The van der Waals surface area contributed by atoms with Crippen LogP contribution in [0.15, 0.2) is 24.4 Å². The Morgan fingerprint density at radius 2 is 2.20 bits per heavy atom. The molecule has 2 rings (SSSR count). The molecule has 1 aliphatic rings. The number of aromatic nitrogens is 1. The quantitative estimate of drug-likeness (QED) is 0.896. The molecule has 1 aromatic rings. The molecule has 20 heavy (non-hydrogen) atoms. The van der Waals surface area contributed by atoms with E-state index in [0.29, 0.717) is 19.0 Å². The molecule has 110 valence electrons. The zero-order chi connectivity index (χ0) is 14.4. The van der Waals surface area contributed by atoms with E-state index in [1.165, 1.54) is 6.42 Å². The van der Waals surface area contributed by atoms with Crippen molar-refractivity contribution in [3.8, 4) is 0 Å². The van der Waals surface area contributed by atoms with Gasteiger partial charge in [-0.1, -0.05) is 18.9 Å². The van der Waals surface area contributed by atoms with E-state index < -0.39 is 0 Å². The molecule has 1 fully saturated rings. The van der Waals surface area contributed by atoms with Crippen LogP contribution in [0.25, 0.3) is 0 Å². The van der Waals surface area contributed by atoms with Crippen molar-refractivity contribution >= 4 is 5.91 Å². The number of hydrogen-bond acceptors (Lipinski definition) is 3. The molecule has 2 unspecified atom stereocenters. The SMILES string of the molecule is CCN(Cc1ccccn1)C(=O)C1CCCCC1CN. The highest BCUT2D eigenvalue weighted by Crippen LogP contribution is 2.31. The highest BCUT2D eigenvalue weighted by molar-refractivity contribution is 5.79. The Hall–Kier alpha value is -1.42. The van der Waals surface area contributed by atoms with Gasteiger partial charge < -0.3 is 10.6 Å². The van der Waals surface area contributed by atoms with Gasteiger partial charge in [-0.2, -0.15) is 0 Å². The maximum Gasteiger partial charge on any atom is 0.226 e. The van der Waals surface area contributed by atoms with Gasteiger partial charge in [0.25, 0.3) is 0 Å². The van der Waals surface area contributed by atoms with E-state index >= 15 is 0 Å². The molecule has 0 radical (unpaired) electrons. The summed E-state index contributed by atoms with van der Waals surface area (Å²) in [6.45, 7) is 3.98. The summed E-state index contributed by atoms with van der Waals surface area (Å²) in [6, 6.07) is 5.83. The van der Waals surface area contributed by atoms with Crippen LogP contribution in [0, 0.1) is 11.8 Å². The lowest BCUT2D eigenvalue weighted by Crippen LogP contribution is -2.42. The van der Waals surface area contributed by atoms with Crippen molar-refractivity contribution in [3.63, 3.8) is 0 Å². The molecule has 2 atom stereocenters. The fraction of sp³-hybridized carbons (Fsp3) is 0.625. The second-order valence-corrected chi connectivity index (χ2v) is 5.56. The molecule has 0 aliphatic heterocycles. The highest BCUT2D eigenvalue weighted by atomic mass is 16.2. The maximum absolute atomic E-state index is 12.7. The van der Waals surface area contributed by atoms with Gasteiger partial charge in [0.1, 0.15) is 0 Å². The molecule has 0 spiro atoms. The van der Waals surface area contributed by atoms with Gasteiger partial charge in [0.15, 0.2) is 0 Å². The van der Waals surface area contributed by atoms with E-state index in [4.69, 9.17) is 5.73 Å². The minimum absolute atomic E-state index is 0.109. The summed E-state index contributed by atoms with van der Waals surface area (Å²) >= 11 is 0. The fourth-order valence-electron chi connectivity index (χ4n) is 3.08. The van der Waals surface area contributed by atoms with Crippen LogP contribution in [-0.2, 0) is 11.3 Å². The van der Waals surface area contributed by atoms with Crippen LogP contribution in [0.3, 0.4) is 0 Å². The molecular weight excluding hydrogens is 250 g/mol. The van der Waals surface area contributed by atoms with Crippen molar-refractivity contribution in [1.29, 1.82) is 0 Å². The average Bonchev–Trinajstić information content (AvgIpc) is 2.53. The lowest BCUT2D eigenvalue weighted by atomic mass is 9.78. The smallest absolute Gasteiger partial charge is 0.226 e. The molecule has 1 heterocycles. The largest absolute Gasteiger partial charge is 0.337 e. The molecule has 0 bridgehead atoms. The number of carbonyl (C=O) groups excluding carboxylic acids is 1. The monoisotopic (exact) mass is 275 g/mol. The average molecular weight is 275 g/mol. The standard InChI is InChI=1S/C16H25N3O/c1-2-19(12-14-8-5-6-10-18-14)16(20)15-9-4-3-7-13(15)11-17/h5-6,8,10,13,15H,2-4,7,9,11-12,17H2,1H3. The van der Waals surface area contributed by atoms with E-state index in [1.54, 1.807) is 6.20 Å². The predicted molar refractivity (Wildman–Crippen MR) is 79.8 cm³/mol. The normalized spacial score (nSPS) is 22.5. The number of amides is 1. The van der Waals surface area contributed by atoms with Crippen LogP contribution < -0.4 is 5.73 Å². The zero-order valence-corrected chi connectivity index (χ0v) is 12.3. The van der Waals surface area contributed by atoms with Crippen LogP contribution in [0.5, 0.6) is 0 Å². The van der Waals surface area contributed by atoms with Gasteiger partial charge in [-0.3, -0.25) is 9.78 Å². The molecule has 2 N–H and O–H groups in total. The lowest BCUT2D eigenvalue weighted by molar-refractivity contribution is -0.138. The maximum atomic E-state index is 12.7. The molecule has 1 amide bonds. The summed E-state index contributed by atoms with van der Waals surface area (Å²) in [6.07, 6.45) is 6.20. The first kappa shape index (κ1) is 15.0. The highest BCUT2D eigenvalue weighted by Gasteiger charge is 2.32. The Balaban J connectivity index is 2.04. The third kappa shape index (κ3) is 3.57. The van der Waals surface area contributed by atoms with Crippen molar-refractivity contribution in [2.24, 2.45) is 17.6 Å². The number of pyridine rings is 1. The summed E-state index contributed by atoms with van der Waals surface area (Å²) in [4.78, 5) is 19.0. The van der Waals surface area contributed by atoms with E-state index in [1.807, 2.05) is 30.0 Å². The summed E-state index contributed by atoms with van der Waals surface area (Å²) in [5, 5.41) is 0. The van der Waals surface area contributed by atoms with Crippen LogP contribution in [0.1, 0.15) is 38.3 Å². The minimum atomic E-state index is 0.109. The molecular formula is C16H25N3O. The number of carbonyl (C=O) groups is 1. The molecule has 4 nitrogen and oxygen atoms in total. The topological polar surface area (TPSA) is 59.2 Å². The van der Waals surface area contributed by atoms with Crippen LogP contribution in [-0.4, -0.2) is 28.9 Å². The summed E-state index contributed by atoms with van der Waals surface area (Å²) < 4.78 is 0. The fourth-order valence-corrected chi connectivity index (χ4v) is 3.08. The molecule has 0 saturated heterocycles. The third-order valence-electron chi connectivity index (χ3n) is 4.30. The Kier molecular flexibility index (Phi) is 5.53. The summed E-state index contributed by atoms with van der Waals surface area (Å²) in [5.74, 6) is 0.722. The van der Waals surface area contributed by atoms with E-state index in [0.717, 1.165) is 31.5 Å².